The van der Waals surface area contributed by atoms with Crippen molar-refractivity contribution in [3.63, 3.8) is 0 Å². The maximum absolute atomic E-state index is 5.10. The summed E-state index contributed by atoms with van der Waals surface area (Å²) < 4.78 is 0. The first kappa shape index (κ1) is 39.3. The number of allylic oxidation sites excluding steroid dienone is 11. The molecule has 3 nitrogen and oxygen atoms in total. The molecular formula is C55H49N3. The van der Waals surface area contributed by atoms with Gasteiger partial charge in [-0.15, -0.1) is 0 Å². The van der Waals surface area contributed by atoms with Gasteiger partial charge in [-0.25, -0.2) is 0 Å². The van der Waals surface area contributed by atoms with Crippen LogP contribution in [0.2, 0.25) is 0 Å². The standard InChI is InChI=1S/C55H49N3/c1-5-6-7-8-18-34-55(48-29-16-11-17-30-48)51-33-35-57-40-50(51)49-32-31-46(37-52(49)55)45-27-20-28-47(36-45)54(38-53(56-4)44-25-14-10-15-26-44)58-39-41(2)21-19-22-42(3)43-23-12-9-13-24-43/h5-40,53,56H,2H2,1,3-4H3/b6-5-,8-7-,21-19-,34-18+,42-22+,54-38-,58-39+. The number of likely N-dealkylation sites (N-methyl/N-ethyl adjacent to an activating group) is 1. The summed E-state index contributed by atoms with van der Waals surface area (Å²) in [6.07, 6.45) is 26.9. The van der Waals surface area contributed by atoms with Crippen molar-refractivity contribution >= 4 is 17.5 Å². The molecule has 284 valence electrons. The average Bonchev–Trinajstić information content (AvgIpc) is 3.57. The number of hydrogen-bond acceptors (Lipinski definition) is 3. The van der Waals surface area contributed by atoms with Crippen molar-refractivity contribution in [1.29, 1.82) is 0 Å². The number of aromatic nitrogens is 1. The van der Waals surface area contributed by atoms with Crippen LogP contribution in [0.15, 0.2) is 230 Å². The molecule has 1 aliphatic carbocycles. The molecule has 0 saturated carbocycles. The Morgan fingerprint density at radius 2 is 1.41 bits per heavy atom. The molecule has 0 fully saturated rings. The number of pyridine rings is 1. The summed E-state index contributed by atoms with van der Waals surface area (Å²) >= 11 is 0. The van der Waals surface area contributed by atoms with Crippen LogP contribution in [0.5, 0.6) is 0 Å². The maximum Gasteiger partial charge on any atom is 0.0681 e. The van der Waals surface area contributed by atoms with E-state index in [9.17, 15) is 0 Å². The number of hydrogen-bond donors (Lipinski definition) is 1. The first-order valence-electron chi connectivity index (χ1n) is 19.8. The van der Waals surface area contributed by atoms with Crippen LogP contribution in [-0.4, -0.2) is 18.2 Å². The molecular weight excluding hydrogens is 703 g/mol. The van der Waals surface area contributed by atoms with Gasteiger partial charge in [0.15, 0.2) is 0 Å². The normalized spacial score (nSPS) is 16.2. The second-order valence-electron chi connectivity index (χ2n) is 14.3. The minimum Gasteiger partial charge on any atom is -0.310 e. The second kappa shape index (κ2) is 18.8. The Morgan fingerprint density at radius 3 is 2.17 bits per heavy atom. The van der Waals surface area contributed by atoms with Crippen LogP contribution in [0.3, 0.4) is 0 Å². The van der Waals surface area contributed by atoms with Crippen molar-refractivity contribution < 1.29 is 0 Å². The fourth-order valence-corrected chi connectivity index (χ4v) is 7.66. The van der Waals surface area contributed by atoms with Crippen LogP contribution in [0.1, 0.15) is 53.3 Å². The molecule has 0 spiro atoms. The molecule has 0 radical (unpaired) electrons. The molecule has 5 aromatic carbocycles. The van der Waals surface area contributed by atoms with Gasteiger partial charge in [-0.1, -0.05) is 183 Å². The van der Waals surface area contributed by atoms with Crippen LogP contribution in [0, 0.1) is 0 Å². The third-order valence-electron chi connectivity index (χ3n) is 10.6. The van der Waals surface area contributed by atoms with Crippen LogP contribution in [-0.2, 0) is 5.41 Å². The highest BCUT2D eigenvalue weighted by atomic mass is 14.9. The zero-order valence-corrected chi connectivity index (χ0v) is 33.5. The van der Waals surface area contributed by atoms with Crippen LogP contribution >= 0.6 is 0 Å². The molecule has 6 aromatic rings. The van der Waals surface area contributed by atoms with Gasteiger partial charge in [-0.3, -0.25) is 9.98 Å². The first-order chi connectivity index (χ1) is 28.5. The third-order valence-corrected chi connectivity index (χ3v) is 10.6. The van der Waals surface area contributed by atoms with E-state index in [0.29, 0.717) is 0 Å². The lowest BCUT2D eigenvalue weighted by atomic mass is 9.72. The highest BCUT2D eigenvalue weighted by Crippen LogP contribution is 2.54. The van der Waals surface area contributed by atoms with E-state index in [1.54, 1.807) is 0 Å². The molecule has 7 rings (SSSR count). The predicted octanol–water partition coefficient (Wildman–Crippen LogP) is 13.3. The topological polar surface area (TPSA) is 37.3 Å². The lowest BCUT2D eigenvalue weighted by molar-refractivity contribution is 0.715. The zero-order valence-electron chi connectivity index (χ0n) is 33.5. The minimum atomic E-state index is -0.503. The van der Waals surface area contributed by atoms with Crippen molar-refractivity contribution in [2.24, 2.45) is 4.99 Å². The Morgan fingerprint density at radius 1 is 0.707 bits per heavy atom. The highest BCUT2D eigenvalue weighted by Gasteiger charge is 2.43. The number of rotatable bonds is 14. The van der Waals surface area contributed by atoms with Gasteiger partial charge in [0.1, 0.15) is 0 Å². The highest BCUT2D eigenvalue weighted by molar-refractivity contribution is 5.89. The molecule has 58 heavy (non-hydrogen) atoms. The molecule has 1 heterocycles. The summed E-state index contributed by atoms with van der Waals surface area (Å²) in [5.41, 5.74) is 14.0. The Labute approximate surface area is 344 Å². The van der Waals surface area contributed by atoms with E-state index in [2.05, 4.69) is 194 Å². The minimum absolute atomic E-state index is 0.0514. The number of aliphatic imine (C=N–C) groups is 1. The molecule has 2 unspecified atom stereocenters. The smallest absolute Gasteiger partial charge is 0.0681 e. The van der Waals surface area contributed by atoms with Crippen molar-refractivity contribution in [3.8, 4) is 22.3 Å². The van der Waals surface area contributed by atoms with Gasteiger partial charge in [-0.05, 0) is 101 Å². The van der Waals surface area contributed by atoms with Gasteiger partial charge in [-0.2, -0.15) is 0 Å². The SMILES string of the molecule is C=C(/C=C\C=C(/C)c1ccccc1)/C=N/C(=C\C(NC)c1ccccc1)c1cccc(-c2ccc3c(c2)C(/C=C/C=C\C=C/C)(c2ccccc2)c2ccncc2-3)c1. The van der Waals surface area contributed by atoms with Crippen molar-refractivity contribution in [2.45, 2.75) is 25.3 Å². The molecule has 3 heteroatoms. The Hall–Kier alpha value is -6.94. The summed E-state index contributed by atoms with van der Waals surface area (Å²) in [5, 5.41) is 3.49. The molecule has 1 N–H and O–H groups in total. The Balaban J connectivity index is 1.29. The van der Waals surface area contributed by atoms with Crippen molar-refractivity contribution in [2.75, 3.05) is 7.05 Å². The average molecular weight is 752 g/mol. The Kier molecular flexibility index (Phi) is 12.7. The first-order valence-corrected chi connectivity index (χ1v) is 19.8. The Bertz CT molecular complexity index is 2570. The van der Waals surface area contributed by atoms with Crippen molar-refractivity contribution in [1.82, 2.24) is 10.3 Å². The summed E-state index contributed by atoms with van der Waals surface area (Å²) in [6, 6.07) is 49.3. The quantitative estimate of drug-likeness (QED) is 0.0889. The molecule has 0 aliphatic heterocycles. The molecule has 0 bridgehead atoms. The van der Waals surface area contributed by atoms with E-state index in [4.69, 9.17) is 4.99 Å². The van der Waals surface area contributed by atoms with E-state index >= 15 is 0 Å². The predicted molar refractivity (Wildman–Crippen MR) is 248 cm³/mol. The van der Waals surface area contributed by atoms with Crippen LogP contribution in [0.4, 0.5) is 0 Å². The monoisotopic (exact) mass is 751 g/mol. The van der Waals surface area contributed by atoms with Crippen molar-refractivity contribution in [3.05, 3.63) is 258 Å². The molecule has 0 amide bonds. The fourth-order valence-electron chi connectivity index (χ4n) is 7.66. The van der Waals surface area contributed by atoms with Gasteiger partial charge in [0.05, 0.1) is 17.2 Å². The van der Waals surface area contributed by atoms with Crippen LogP contribution in [0.25, 0.3) is 33.5 Å². The lowest BCUT2D eigenvalue weighted by Crippen LogP contribution is -2.24. The van der Waals surface area contributed by atoms with E-state index in [1.807, 2.05) is 62.9 Å². The van der Waals surface area contributed by atoms with Gasteiger partial charge in [0.25, 0.3) is 0 Å². The van der Waals surface area contributed by atoms with E-state index in [1.165, 1.54) is 33.4 Å². The summed E-state index contributed by atoms with van der Waals surface area (Å²) in [4.78, 5) is 9.68. The van der Waals surface area contributed by atoms with Gasteiger partial charge < -0.3 is 5.32 Å². The summed E-state index contributed by atoms with van der Waals surface area (Å²) in [6.45, 7) is 8.46. The largest absolute Gasteiger partial charge is 0.310 e. The summed E-state index contributed by atoms with van der Waals surface area (Å²) in [7, 11) is 1.98. The van der Waals surface area contributed by atoms with Gasteiger partial charge in [0, 0.05) is 29.7 Å². The fraction of sp³-hybridized carbons (Fsp3) is 0.0909. The van der Waals surface area contributed by atoms with E-state index < -0.39 is 5.41 Å². The van der Waals surface area contributed by atoms with E-state index in [0.717, 1.165) is 39.1 Å². The molecule has 0 saturated heterocycles. The van der Waals surface area contributed by atoms with Crippen LogP contribution < -0.4 is 5.32 Å². The molecule has 2 atom stereocenters. The third kappa shape index (κ3) is 8.71. The van der Waals surface area contributed by atoms with Gasteiger partial charge in [0.2, 0.25) is 0 Å². The molecule has 1 aliphatic rings. The lowest BCUT2D eigenvalue weighted by Gasteiger charge is -2.30. The second-order valence-corrected chi connectivity index (χ2v) is 14.3. The number of fused-ring (bicyclic) bond motifs is 3. The summed E-state index contributed by atoms with van der Waals surface area (Å²) in [5.74, 6) is 0. The molecule has 1 aromatic heterocycles. The van der Waals surface area contributed by atoms with Gasteiger partial charge >= 0.3 is 0 Å². The maximum atomic E-state index is 5.10. The number of nitrogens with one attached hydrogen (secondary N) is 1. The number of nitrogens with zero attached hydrogens (tertiary/aromatic N) is 2. The van der Waals surface area contributed by atoms with E-state index in [-0.39, 0.29) is 6.04 Å². The zero-order chi connectivity index (χ0) is 40.2. The number of benzene rings is 5.